The molecule has 31 heavy (non-hydrogen) atoms. The number of aromatic hydroxyl groups is 1. The predicted molar refractivity (Wildman–Crippen MR) is 120 cm³/mol. The monoisotopic (exact) mass is 435 g/mol. The van der Waals surface area contributed by atoms with Crippen molar-refractivity contribution in [1.29, 1.82) is 0 Å². The molecule has 0 aliphatic carbocycles. The first kappa shape index (κ1) is 20.9. The molecule has 7 heteroatoms. The zero-order chi connectivity index (χ0) is 22.0. The number of phenolic OH excluding ortho intramolecular Hbond substituents is 1. The Morgan fingerprint density at radius 1 is 0.968 bits per heavy atom. The summed E-state index contributed by atoms with van der Waals surface area (Å²) >= 11 is 0. The first-order chi connectivity index (χ1) is 14.9. The van der Waals surface area contributed by atoms with Crippen molar-refractivity contribution in [2.45, 2.75) is 19.0 Å². The second-order valence-corrected chi connectivity index (χ2v) is 9.95. The van der Waals surface area contributed by atoms with Gasteiger partial charge in [-0.3, -0.25) is 14.2 Å². The van der Waals surface area contributed by atoms with Crippen molar-refractivity contribution in [3.8, 4) is 22.6 Å². The van der Waals surface area contributed by atoms with Gasteiger partial charge in [0.25, 0.3) is 7.37 Å². The van der Waals surface area contributed by atoms with Crippen LogP contribution in [0.1, 0.15) is 13.3 Å². The van der Waals surface area contributed by atoms with Crippen LogP contribution in [0.5, 0.6) is 11.5 Å². The van der Waals surface area contributed by atoms with E-state index in [0.29, 0.717) is 16.7 Å². The minimum Gasteiger partial charge on any atom is -0.508 e. The summed E-state index contributed by atoms with van der Waals surface area (Å²) in [6.07, 6.45) is -0.200. The predicted octanol–water partition coefficient (Wildman–Crippen LogP) is 4.38. The average Bonchev–Trinajstić information content (AvgIpc) is 2.77. The molecule has 158 valence electrons. The molecular weight excluding hydrogens is 413 g/mol. The van der Waals surface area contributed by atoms with Crippen LogP contribution in [-0.4, -0.2) is 28.9 Å². The third kappa shape index (κ3) is 4.12. The topological polar surface area (TPSA) is 92.7 Å². The maximum Gasteiger partial charge on any atom is 0.288 e. The second-order valence-electron chi connectivity index (χ2n) is 7.47. The molecule has 0 aromatic heterocycles. The van der Waals surface area contributed by atoms with Crippen LogP contribution in [0.4, 0.5) is 5.69 Å². The number of para-hydroxylation sites is 1. The number of carbonyl (C=O) groups excluding carboxylic acids is 2. The maximum absolute atomic E-state index is 14.2. The van der Waals surface area contributed by atoms with Crippen molar-refractivity contribution < 1.29 is 23.8 Å². The molecule has 2 N–H and O–H groups in total. The van der Waals surface area contributed by atoms with Crippen LogP contribution >= 0.6 is 7.37 Å². The Hall–Kier alpha value is -3.37. The van der Waals surface area contributed by atoms with Crippen LogP contribution in [0.2, 0.25) is 0 Å². The summed E-state index contributed by atoms with van der Waals surface area (Å²) < 4.78 is 20.1. The number of rotatable bonds is 7. The average molecular weight is 435 g/mol. The van der Waals surface area contributed by atoms with Gasteiger partial charge in [0.05, 0.1) is 11.8 Å². The molecular formula is C24H22NO5P. The number of Topliss-reactive ketones (excluding diaryl/α,β-unsaturated/α-hetero) is 2. The molecule has 4 rings (SSSR count). The lowest BCUT2D eigenvalue weighted by Gasteiger charge is -2.32. The van der Waals surface area contributed by atoms with Gasteiger partial charge in [0.1, 0.15) is 22.9 Å². The van der Waals surface area contributed by atoms with Crippen LogP contribution < -0.4 is 15.1 Å². The third-order valence-electron chi connectivity index (χ3n) is 5.31. The molecule has 0 fully saturated rings. The van der Waals surface area contributed by atoms with E-state index in [9.17, 15) is 19.3 Å². The standard InChI is InChI=1S/C24H22NO5P/c1-16(26)24(14-19(28)15-25-17-10-12-18(27)13-11-17)31(29)23-9-5-3-7-21(23)20-6-2-4-8-22(20)30-31/h2-13,24-25,27H,14-15H2,1H3. The molecule has 1 heterocycles. The highest BCUT2D eigenvalue weighted by atomic mass is 31.2. The zero-order valence-corrected chi connectivity index (χ0v) is 17.8. The largest absolute Gasteiger partial charge is 0.508 e. The molecule has 1 aliphatic rings. The van der Waals surface area contributed by atoms with Gasteiger partial charge in [-0.15, -0.1) is 0 Å². The number of benzene rings is 3. The zero-order valence-electron chi connectivity index (χ0n) is 16.9. The van der Waals surface area contributed by atoms with Crippen molar-refractivity contribution >= 4 is 29.9 Å². The Morgan fingerprint density at radius 2 is 1.61 bits per heavy atom. The van der Waals surface area contributed by atoms with E-state index in [1.807, 2.05) is 24.3 Å². The highest BCUT2D eigenvalue weighted by Gasteiger charge is 2.45. The molecule has 0 spiro atoms. The Balaban J connectivity index is 1.60. The third-order valence-corrected chi connectivity index (χ3v) is 8.20. The molecule has 2 atom stereocenters. The van der Waals surface area contributed by atoms with Gasteiger partial charge in [0.2, 0.25) is 0 Å². The molecule has 0 radical (unpaired) electrons. The van der Waals surface area contributed by atoms with Crippen molar-refractivity contribution in [2.24, 2.45) is 0 Å². The fourth-order valence-electron chi connectivity index (χ4n) is 3.74. The highest BCUT2D eigenvalue weighted by Crippen LogP contribution is 2.58. The summed E-state index contributed by atoms with van der Waals surface area (Å²) in [4.78, 5) is 25.3. The number of phenols is 1. The van der Waals surface area contributed by atoms with E-state index in [-0.39, 0.29) is 30.3 Å². The van der Waals surface area contributed by atoms with Crippen LogP contribution in [-0.2, 0) is 14.2 Å². The van der Waals surface area contributed by atoms with Crippen LogP contribution in [0.25, 0.3) is 11.1 Å². The summed E-state index contributed by atoms with van der Waals surface area (Å²) in [6.45, 7) is 1.31. The van der Waals surface area contributed by atoms with Gasteiger partial charge in [0, 0.05) is 17.7 Å². The summed E-state index contributed by atoms with van der Waals surface area (Å²) in [5, 5.41) is 12.8. The summed E-state index contributed by atoms with van der Waals surface area (Å²) in [5.41, 5.74) is 1.15. The SMILES string of the molecule is CC(=O)C(CC(=O)CNc1ccc(O)cc1)P1(=O)Oc2ccccc2-c2ccccc21. The minimum atomic E-state index is -3.69. The lowest BCUT2D eigenvalue weighted by Crippen LogP contribution is -2.33. The quantitative estimate of drug-likeness (QED) is 0.423. The number of anilines is 1. The molecule has 3 aromatic carbocycles. The Labute approximate surface area is 180 Å². The fourth-order valence-corrected chi connectivity index (χ4v) is 6.50. The van der Waals surface area contributed by atoms with E-state index >= 15 is 0 Å². The molecule has 0 saturated carbocycles. The van der Waals surface area contributed by atoms with Gasteiger partial charge in [0.15, 0.2) is 5.78 Å². The van der Waals surface area contributed by atoms with Gasteiger partial charge in [-0.2, -0.15) is 0 Å². The van der Waals surface area contributed by atoms with E-state index in [1.165, 1.54) is 19.1 Å². The molecule has 3 aromatic rings. The first-order valence-electron chi connectivity index (χ1n) is 9.92. The summed E-state index contributed by atoms with van der Waals surface area (Å²) in [6, 6.07) is 20.7. The summed E-state index contributed by atoms with van der Waals surface area (Å²) in [7, 11) is -3.69. The molecule has 2 unspecified atom stereocenters. The van der Waals surface area contributed by atoms with Crippen molar-refractivity contribution in [2.75, 3.05) is 11.9 Å². The molecule has 1 aliphatic heterocycles. The van der Waals surface area contributed by atoms with E-state index in [2.05, 4.69) is 5.32 Å². The van der Waals surface area contributed by atoms with Gasteiger partial charge in [-0.05, 0) is 48.9 Å². The van der Waals surface area contributed by atoms with Gasteiger partial charge in [-0.1, -0.05) is 36.4 Å². The van der Waals surface area contributed by atoms with Crippen LogP contribution in [0.3, 0.4) is 0 Å². The molecule has 0 bridgehead atoms. The lowest BCUT2D eigenvalue weighted by atomic mass is 10.0. The van der Waals surface area contributed by atoms with Crippen molar-refractivity contribution in [3.05, 3.63) is 72.8 Å². The van der Waals surface area contributed by atoms with Gasteiger partial charge >= 0.3 is 0 Å². The van der Waals surface area contributed by atoms with Crippen molar-refractivity contribution in [3.63, 3.8) is 0 Å². The highest BCUT2D eigenvalue weighted by molar-refractivity contribution is 7.69. The minimum absolute atomic E-state index is 0.0349. The second kappa shape index (κ2) is 8.40. The van der Waals surface area contributed by atoms with Gasteiger partial charge < -0.3 is 14.9 Å². The molecule has 6 nitrogen and oxygen atoms in total. The fraction of sp³-hybridized carbons (Fsp3) is 0.167. The molecule has 0 saturated heterocycles. The first-order valence-corrected chi connectivity index (χ1v) is 11.6. The number of nitrogens with one attached hydrogen (secondary N) is 1. The van der Waals surface area contributed by atoms with Crippen LogP contribution in [0.15, 0.2) is 72.8 Å². The van der Waals surface area contributed by atoms with E-state index in [1.54, 1.807) is 36.4 Å². The Kier molecular flexibility index (Phi) is 5.66. The van der Waals surface area contributed by atoms with E-state index in [0.717, 1.165) is 11.1 Å². The number of fused-ring (bicyclic) bond motifs is 3. The number of ketones is 2. The molecule has 0 amide bonds. The Morgan fingerprint density at radius 3 is 2.32 bits per heavy atom. The smallest absolute Gasteiger partial charge is 0.288 e. The number of carbonyl (C=O) groups is 2. The number of hydrogen-bond acceptors (Lipinski definition) is 6. The number of hydrogen-bond donors (Lipinski definition) is 2. The maximum atomic E-state index is 14.2. The normalized spacial score (nSPS) is 17.6. The van der Waals surface area contributed by atoms with E-state index < -0.39 is 13.0 Å². The van der Waals surface area contributed by atoms with Gasteiger partial charge in [-0.25, -0.2) is 0 Å². The van der Waals surface area contributed by atoms with Crippen LogP contribution in [0, 0.1) is 0 Å². The summed E-state index contributed by atoms with van der Waals surface area (Å²) in [5.74, 6) is -0.0376. The lowest BCUT2D eigenvalue weighted by molar-refractivity contribution is -0.122. The van der Waals surface area contributed by atoms with Crippen molar-refractivity contribution in [1.82, 2.24) is 0 Å². The van der Waals surface area contributed by atoms with E-state index in [4.69, 9.17) is 4.52 Å². The Bertz CT molecular complexity index is 1190.